The van der Waals surface area contributed by atoms with E-state index in [0.717, 1.165) is 0 Å². The van der Waals surface area contributed by atoms with Crippen molar-refractivity contribution in [3.8, 4) is 0 Å². The van der Waals surface area contributed by atoms with E-state index in [2.05, 4.69) is 14.7 Å². The van der Waals surface area contributed by atoms with Crippen LogP contribution in [0.4, 0.5) is 13.2 Å². The molecule has 92 valence electrons. The number of alkyl halides is 3. The number of aromatic nitrogens is 2. The smallest absolute Gasteiger partial charge is 0.379 e. The fourth-order valence-corrected chi connectivity index (χ4v) is 0.949. The fraction of sp³-hybridized carbons (Fsp3) is 0.750. The molecule has 0 saturated heterocycles. The van der Waals surface area contributed by atoms with Gasteiger partial charge < -0.3 is 15.0 Å². The topological polar surface area (TPSA) is 74.2 Å². The van der Waals surface area contributed by atoms with Gasteiger partial charge in [0.05, 0.1) is 6.61 Å². The zero-order valence-electron chi connectivity index (χ0n) is 8.84. The number of halogens is 3. The second-order valence-electron chi connectivity index (χ2n) is 3.48. The van der Waals surface area contributed by atoms with Crippen LogP contribution in [0.5, 0.6) is 0 Å². The third-order valence-electron chi connectivity index (χ3n) is 1.79. The van der Waals surface area contributed by atoms with Gasteiger partial charge in [-0.2, -0.15) is 18.2 Å². The minimum atomic E-state index is -4.66. The Morgan fingerprint density at radius 2 is 2.06 bits per heavy atom. The second-order valence-corrected chi connectivity index (χ2v) is 3.48. The molecule has 1 atom stereocenters. The molecule has 1 aromatic rings. The van der Waals surface area contributed by atoms with Crippen LogP contribution in [0.2, 0.25) is 0 Å². The number of rotatable bonds is 4. The fourth-order valence-electron chi connectivity index (χ4n) is 0.949. The Hall–Kier alpha value is -1.15. The van der Waals surface area contributed by atoms with Gasteiger partial charge in [-0.1, -0.05) is 5.16 Å². The van der Waals surface area contributed by atoms with Crippen LogP contribution in [0.15, 0.2) is 4.52 Å². The summed E-state index contributed by atoms with van der Waals surface area (Å²) in [5.74, 6) is -1.64. The molecule has 8 heteroatoms. The standard InChI is InChI=1S/C8H12F3N3O2/c1-3-15-4-7(2,12)5-13-6(16-14-5)8(9,10)11/h3-4,12H2,1-2H3. The minimum Gasteiger partial charge on any atom is -0.379 e. The third-order valence-corrected chi connectivity index (χ3v) is 1.79. The van der Waals surface area contributed by atoms with Crippen LogP contribution in [0.1, 0.15) is 25.6 Å². The Morgan fingerprint density at radius 3 is 2.50 bits per heavy atom. The van der Waals surface area contributed by atoms with Crippen molar-refractivity contribution < 1.29 is 22.4 Å². The Labute approximate surface area is 89.8 Å². The molecule has 0 aliphatic carbocycles. The Balaban J connectivity index is 2.84. The summed E-state index contributed by atoms with van der Waals surface area (Å²) in [4.78, 5) is 3.20. The summed E-state index contributed by atoms with van der Waals surface area (Å²) in [5.41, 5.74) is 4.50. The number of hydrogen-bond acceptors (Lipinski definition) is 5. The SMILES string of the molecule is CCOCC(C)(N)c1noc(C(F)(F)F)n1. The van der Waals surface area contributed by atoms with Crippen molar-refractivity contribution in [1.29, 1.82) is 0 Å². The van der Waals surface area contributed by atoms with Crippen LogP contribution in [-0.2, 0) is 16.5 Å². The number of nitrogens with zero attached hydrogens (tertiary/aromatic N) is 2. The van der Waals surface area contributed by atoms with Crippen LogP contribution in [-0.4, -0.2) is 23.4 Å². The first kappa shape index (κ1) is 12.9. The molecule has 0 amide bonds. The van der Waals surface area contributed by atoms with Gasteiger partial charge in [0.1, 0.15) is 5.54 Å². The number of ether oxygens (including phenoxy) is 1. The average molecular weight is 239 g/mol. The van der Waals surface area contributed by atoms with E-state index in [1.165, 1.54) is 6.92 Å². The van der Waals surface area contributed by atoms with Crippen molar-refractivity contribution in [2.75, 3.05) is 13.2 Å². The summed E-state index contributed by atoms with van der Waals surface area (Å²) in [5, 5.41) is 3.20. The maximum Gasteiger partial charge on any atom is 0.471 e. The van der Waals surface area contributed by atoms with E-state index in [4.69, 9.17) is 10.5 Å². The molecule has 0 bridgehead atoms. The van der Waals surface area contributed by atoms with E-state index in [1.54, 1.807) is 6.92 Å². The predicted octanol–water partition coefficient (Wildman–Crippen LogP) is 1.30. The molecule has 16 heavy (non-hydrogen) atoms. The summed E-state index contributed by atoms with van der Waals surface area (Å²) in [7, 11) is 0. The molecule has 0 fully saturated rings. The Kier molecular flexibility index (Phi) is 3.54. The predicted molar refractivity (Wildman–Crippen MR) is 47.3 cm³/mol. The molecular formula is C8H12F3N3O2. The van der Waals surface area contributed by atoms with Crippen LogP contribution >= 0.6 is 0 Å². The van der Waals surface area contributed by atoms with Gasteiger partial charge in [-0.3, -0.25) is 0 Å². The van der Waals surface area contributed by atoms with Gasteiger partial charge in [-0.25, -0.2) is 0 Å². The molecule has 0 spiro atoms. The van der Waals surface area contributed by atoms with Gasteiger partial charge in [0.2, 0.25) is 0 Å². The highest BCUT2D eigenvalue weighted by molar-refractivity contribution is 5.02. The molecule has 1 unspecified atom stereocenters. The highest BCUT2D eigenvalue weighted by Gasteiger charge is 2.40. The molecule has 2 N–H and O–H groups in total. The third kappa shape index (κ3) is 2.92. The summed E-state index contributed by atoms with van der Waals surface area (Å²) in [6, 6.07) is 0. The molecule has 0 saturated carbocycles. The monoisotopic (exact) mass is 239 g/mol. The lowest BCUT2D eigenvalue weighted by Crippen LogP contribution is -2.39. The van der Waals surface area contributed by atoms with Crippen molar-refractivity contribution >= 4 is 0 Å². The number of hydrogen-bond donors (Lipinski definition) is 1. The molecule has 1 heterocycles. The molecule has 0 aliphatic rings. The first-order valence-electron chi connectivity index (χ1n) is 4.55. The lowest BCUT2D eigenvalue weighted by Gasteiger charge is -2.19. The van der Waals surface area contributed by atoms with Gasteiger partial charge in [-0.05, 0) is 13.8 Å². The first-order valence-corrected chi connectivity index (χ1v) is 4.55. The van der Waals surface area contributed by atoms with E-state index in [1.807, 2.05) is 0 Å². The molecule has 0 aliphatic heterocycles. The lowest BCUT2D eigenvalue weighted by atomic mass is 10.1. The zero-order valence-corrected chi connectivity index (χ0v) is 8.84. The van der Waals surface area contributed by atoms with Crippen LogP contribution in [0, 0.1) is 0 Å². The quantitative estimate of drug-likeness (QED) is 0.857. The number of nitrogens with two attached hydrogens (primary N) is 1. The lowest BCUT2D eigenvalue weighted by molar-refractivity contribution is -0.159. The van der Waals surface area contributed by atoms with Crippen molar-refractivity contribution in [2.45, 2.75) is 25.6 Å². The van der Waals surface area contributed by atoms with Gasteiger partial charge in [0.15, 0.2) is 5.82 Å². The van der Waals surface area contributed by atoms with E-state index in [9.17, 15) is 13.2 Å². The first-order chi connectivity index (χ1) is 7.27. The molecule has 0 aromatic carbocycles. The van der Waals surface area contributed by atoms with Crippen LogP contribution < -0.4 is 5.73 Å². The van der Waals surface area contributed by atoms with E-state index in [0.29, 0.717) is 6.61 Å². The van der Waals surface area contributed by atoms with E-state index >= 15 is 0 Å². The van der Waals surface area contributed by atoms with Gasteiger partial charge in [0, 0.05) is 6.61 Å². The highest BCUT2D eigenvalue weighted by Crippen LogP contribution is 2.28. The minimum absolute atomic E-state index is 0.0142. The molecule has 0 radical (unpaired) electrons. The maximum atomic E-state index is 12.2. The zero-order chi connectivity index (χ0) is 12.4. The Bertz CT molecular complexity index is 349. The van der Waals surface area contributed by atoms with Crippen LogP contribution in [0.25, 0.3) is 0 Å². The van der Waals surface area contributed by atoms with Gasteiger partial charge in [-0.15, -0.1) is 0 Å². The molecule has 1 rings (SSSR count). The molecule has 5 nitrogen and oxygen atoms in total. The second kappa shape index (κ2) is 4.38. The summed E-state index contributed by atoms with van der Waals surface area (Å²) in [6.45, 7) is 3.62. The molecule has 1 aromatic heterocycles. The van der Waals surface area contributed by atoms with Crippen molar-refractivity contribution in [3.05, 3.63) is 11.7 Å². The Morgan fingerprint density at radius 1 is 1.44 bits per heavy atom. The van der Waals surface area contributed by atoms with Crippen molar-refractivity contribution in [2.24, 2.45) is 5.73 Å². The summed E-state index contributed by atoms with van der Waals surface area (Å²) < 4.78 is 45.6. The van der Waals surface area contributed by atoms with E-state index < -0.39 is 17.6 Å². The van der Waals surface area contributed by atoms with Crippen LogP contribution in [0.3, 0.4) is 0 Å². The van der Waals surface area contributed by atoms with Crippen molar-refractivity contribution in [1.82, 2.24) is 10.1 Å². The highest BCUT2D eigenvalue weighted by atomic mass is 19.4. The van der Waals surface area contributed by atoms with E-state index in [-0.39, 0.29) is 12.4 Å². The van der Waals surface area contributed by atoms with Crippen molar-refractivity contribution in [3.63, 3.8) is 0 Å². The van der Waals surface area contributed by atoms with Gasteiger partial charge >= 0.3 is 12.1 Å². The normalized spacial score (nSPS) is 16.1. The average Bonchev–Trinajstić information content (AvgIpc) is 2.63. The largest absolute Gasteiger partial charge is 0.471 e. The maximum absolute atomic E-state index is 12.2. The van der Waals surface area contributed by atoms with Gasteiger partial charge in [0.25, 0.3) is 0 Å². The summed E-state index contributed by atoms with van der Waals surface area (Å²) in [6.07, 6.45) is -4.66. The molecular weight excluding hydrogens is 227 g/mol. The summed E-state index contributed by atoms with van der Waals surface area (Å²) >= 11 is 0.